The number of non-ortho nitro benzene ring substituents is 1. The van der Waals surface area contributed by atoms with E-state index in [0.717, 1.165) is 21.3 Å². The molecule has 166 valence electrons. The number of amides is 2. The van der Waals surface area contributed by atoms with Crippen molar-refractivity contribution in [1.82, 2.24) is 20.8 Å². The Morgan fingerprint density at radius 1 is 1.06 bits per heavy atom. The molecule has 0 aliphatic rings. The van der Waals surface area contributed by atoms with Crippen LogP contribution in [-0.4, -0.2) is 32.5 Å². The van der Waals surface area contributed by atoms with Crippen LogP contribution < -0.4 is 10.9 Å². The zero-order valence-electron chi connectivity index (χ0n) is 16.6. The molecule has 0 atom stereocenters. The molecule has 0 bridgehead atoms. The van der Waals surface area contributed by atoms with E-state index < -0.39 is 16.7 Å². The van der Waals surface area contributed by atoms with Gasteiger partial charge in [0.15, 0.2) is 0 Å². The lowest BCUT2D eigenvalue weighted by molar-refractivity contribution is -0.384. The molecule has 4 rings (SSSR count). The second-order valence-electron chi connectivity index (χ2n) is 6.61. The van der Waals surface area contributed by atoms with E-state index in [4.69, 9.17) is 0 Å². The number of nitrogens with one attached hydrogen (secondary N) is 2. The van der Waals surface area contributed by atoms with Gasteiger partial charge in [0.25, 0.3) is 11.6 Å². The number of nitro groups is 1. The van der Waals surface area contributed by atoms with Gasteiger partial charge >= 0.3 is 0 Å². The Bertz CT molecular complexity index is 1340. The number of thioether (sulfide) groups is 1. The lowest BCUT2D eigenvalue weighted by Crippen LogP contribution is -2.42. The van der Waals surface area contributed by atoms with Crippen molar-refractivity contribution in [3.63, 3.8) is 0 Å². The van der Waals surface area contributed by atoms with Gasteiger partial charge < -0.3 is 0 Å². The van der Waals surface area contributed by atoms with Gasteiger partial charge in [0.1, 0.15) is 22.0 Å². The van der Waals surface area contributed by atoms with Crippen LogP contribution in [0.3, 0.4) is 0 Å². The molecular formula is C21H14FN5O4S2. The molecule has 0 aliphatic heterocycles. The minimum Gasteiger partial charge on any atom is -0.272 e. The molecule has 9 nitrogen and oxygen atoms in total. The number of carbonyl (C=O) groups excluding carboxylic acids is 2. The molecule has 0 saturated heterocycles. The summed E-state index contributed by atoms with van der Waals surface area (Å²) in [5, 5.41) is 13.9. The van der Waals surface area contributed by atoms with Gasteiger partial charge in [-0.2, -0.15) is 0 Å². The predicted octanol–water partition coefficient (Wildman–Crippen LogP) is 3.96. The SMILES string of the molecule is O=C(CSc1ncnc2scc(-c3ccc(F)cc3)c12)NNC(=O)c1ccc([N+](=O)[O-])cc1. The van der Waals surface area contributed by atoms with Crippen molar-refractivity contribution in [3.05, 3.63) is 81.7 Å². The van der Waals surface area contributed by atoms with Crippen LogP contribution in [0.5, 0.6) is 0 Å². The fourth-order valence-electron chi connectivity index (χ4n) is 2.90. The molecule has 2 amide bonds. The van der Waals surface area contributed by atoms with Crippen LogP contribution >= 0.6 is 23.1 Å². The first-order chi connectivity index (χ1) is 15.9. The molecule has 2 N–H and O–H groups in total. The fourth-order valence-corrected chi connectivity index (χ4v) is 4.70. The van der Waals surface area contributed by atoms with Crippen molar-refractivity contribution in [3.8, 4) is 11.1 Å². The highest BCUT2D eigenvalue weighted by Gasteiger charge is 2.16. The number of rotatable bonds is 6. The minimum absolute atomic E-state index is 0.0363. The maximum absolute atomic E-state index is 13.3. The average Bonchev–Trinajstić information content (AvgIpc) is 3.26. The number of nitro benzene ring substituents is 1. The standard InChI is InChI=1S/C21H14FN5O4S2/c22-14-5-1-12(2-6-14)16-9-32-20-18(16)21(24-11-23-20)33-10-17(28)25-26-19(29)13-3-7-15(8-4-13)27(30)31/h1-9,11H,10H2,(H,25,28)(H,26,29). The highest BCUT2D eigenvalue weighted by molar-refractivity contribution is 8.00. The van der Waals surface area contributed by atoms with E-state index >= 15 is 0 Å². The molecule has 0 aliphatic carbocycles. The summed E-state index contributed by atoms with van der Waals surface area (Å²) < 4.78 is 13.3. The van der Waals surface area contributed by atoms with E-state index in [9.17, 15) is 24.1 Å². The molecule has 12 heteroatoms. The number of thiophene rings is 1. The summed E-state index contributed by atoms with van der Waals surface area (Å²) in [6.07, 6.45) is 1.41. The second-order valence-corrected chi connectivity index (χ2v) is 8.43. The molecule has 2 aromatic heterocycles. The lowest BCUT2D eigenvalue weighted by atomic mass is 10.1. The maximum Gasteiger partial charge on any atom is 0.269 e. The fraction of sp³-hybridized carbons (Fsp3) is 0.0476. The van der Waals surface area contributed by atoms with Crippen molar-refractivity contribution in [1.29, 1.82) is 0 Å². The van der Waals surface area contributed by atoms with Crippen LogP contribution in [0.15, 0.2) is 65.3 Å². The van der Waals surface area contributed by atoms with Crippen molar-refractivity contribution in [2.24, 2.45) is 0 Å². The van der Waals surface area contributed by atoms with Crippen LogP contribution in [-0.2, 0) is 4.79 Å². The summed E-state index contributed by atoms with van der Waals surface area (Å²) in [6.45, 7) is 0. The Hall–Kier alpha value is -3.90. The zero-order valence-corrected chi connectivity index (χ0v) is 18.3. The van der Waals surface area contributed by atoms with Crippen molar-refractivity contribution in [2.75, 3.05) is 5.75 Å². The first-order valence-corrected chi connectivity index (χ1v) is 11.2. The van der Waals surface area contributed by atoms with Crippen LogP contribution in [0.1, 0.15) is 10.4 Å². The molecule has 2 heterocycles. The number of hydrogen-bond donors (Lipinski definition) is 2. The third-order valence-electron chi connectivity index (χ3n) is 4.49. The van der Waals surface area contributed by atoms with Gasteiger partial charge in [-0.05, 0) is 29.8 Å². The first kappa shape index (κ1) is 22.3. The van der Waals surface area contributed by atoms with E-state index in [1.807, 2.05) is 5.38 Å². The molecule has 0 radical (unpaired) electrons. The second kappa shape index (κ2) is 9.71. The predicted molar refractivity (Wildman–Crippen MR) is 122 cm³/mol. The molecule has 4 aromatic rings. The van der Waals surface area contributed by atoms with Gasteiger partial charge in [0.05, 0.1) is 16.1 Å². The van der Waals surface area contributed by atoms with E-state index in [-0.39, 0.29) is 22.8 Å². The summed E-state index contributed by atoms with van der Waals surface area (Å²) in [5.41, 5.74) is 6.24. The van der Waals surface area contributed by atoms with E-state index in [2.05, 4.69) is 20.8 Å². The number of hydrazine groups is 1. The summed E-state index contributed by atoms with van der Waals surface area (Å²) in [7, 11) is 0. The van der Waals surface area contributed by atoms with Crippen LogP contribution in [0.4, 0.5) is 10.1 Å². The smallest absolute Gasteiger partial charge is 0.269 e. The topological polar surface area (TPSA) is 127 Å². The van der Waals surface area contributed by atoms with Crippen LogP contribution in [0, 0.1) is 15.9 Å². The van der Waals surface area contributed by atoms with Crippen molar-refractivity contribution in [2.45, 2.75) is 5.03 Å². The largest absolute Gasteiger partial charge is 0.272 e. The molecule has 0 unspecified atom stereocenters. The Morgan fingerprint density at radius 3 is 2.48 bits per heavy atom. The molecule has 0 saturated carbocycles. The Balaban J connectivity index is 1.40. The number of nitrogens with zero attached hydrogens (tertiary/aromatic N) is 3. The summed E-state index contributed by atoms with van der Waals surface area (Å²) in [5.74, 6) is -1.45. The minimum atomic E-state index is -0.607. The Labute approximate surface area is 194 Å². The third-order valence-corrected chi connectivity index (χ3v) is 6.36. The van der Waals surface area contributed by atoms with E-state index in [0.29, 0.717) is 5.03 Å². The zero-order chi connectivity index (χ0) is 23.4. The van der Waals surface area contributed by atoms with Gasteiger partial charge in [0, 0.05) is 28.6 Å². The molecule has 33 heavy (non-hydrogen) atoms. The first-order valence-electron chi connectivity index (χ1n) is 9.37. The molecule has 2 aromatic carbocycles. The maximum atomic E-state index is 13.3. The molecule has 0 spiro atoms. The van der Waals surface area contributed by atoms with Crippen molar-refractivity contribution < 1.29 is 18.9 Å². The molecule has 0 fully saturated rings. The number of hydrogen-bond acceptors (Lipinski definition) is 8. The van der Waals surface area contributed by atoms with E-state index in [1.54, 1.807) is 12.1 Å². The Kier molecular flexibility index (Phi) is 6.56. The summed E-state index contributed by atoms with van der Waals surface area (Å²) >= 11 is 2.59. The monoisotopic (exact) mass is 483 g/mol. The normalized spacial score (nSPS) is 10.7. The quantitative estimate of drug-likeness (QED) is 0.184. The number of benzene rings is 2. The van der Waals surface area contributed by atoms with E-state index in [1.165, 1.54) is 65.8 Å². The summed E-state index contributed by atoms with van der Waals surface area (Å²) in [6, 6.07) is 11.1. The Morgan fingerprint density at radius 2 is 1.79 bits per heavy atom. The number of carbonyl (C=O) groups is 2. The van der Waals surface area contributed by atoms with Gasteiger partial charge in [0.2, 0.25) is 5.91 Å². The van der Waals surface area contributed by atoms with Gasteiger partial charge in [-0.3, -0.25) is 30.6 Å². The van der Waals surface area contributed by atoms with Gasteiger partial charge in [-0.25, -0.2) is 14.4 Å². The van der Waals surface area contributed by atoms with Crippen molar-refractivity contribution >= 4 is 50.8 Å². The van der Waals surface area contributed by atoms with Gasteiger partial charge in [-0.1, -0.05) is 23.9 Å². The number of fused-ring (bicyclic) bond motifs is 1. The van der Waals surface area contributed by atoms with Crippen LogP contribution in [0.2, 0.25) is 0 Å². The highest BCUT2D eigenvalue weighted by Crippen LogP contribution is 2.37. The third kappa shape index (κ3) is 5.13. The number of aromatic nitrogens is 2. The lowest BCUT2D eigenvalue weighted by Gasteiger charge is -2.08. The number of halogens is 1. The van der Waals surface area contributed by atoms with Gasteiger partial charge in [-0.15, -0.1) is 11.3 Å². The summed E-state index contributed by atoms with van der Waals surface area (Å²) in [4.78, 5) is 43.8. The van der Waals surface area contributed by atoms with Crippen LogP contribution in [0.25, 0.3) is 21.3 Å². The highest BCUT2D eigenvalue weighted by atomic mass is 32.2. The average molecular weight is 484 g/mol. The molecular weight excluding hydrogens is 469 g/mol.